The van der Waals surface area contributed by atoms with E-state index in [1.807, 2.05) is 61.5 Å². The van der Waals surface area contributed by atoms with Crippen LogP contribution in [0.3, 0.4) is 0 Å². The van der Waals surface area contributed by atoms with Crippen molar-refractivity contribution in [1.29, 1.82) is 5.26 Å². The van der Waals surface area contributed by atoms with Crippen molar-refractivity contribution in [2.75, 3.05) is 7.05 Å². The number of carbonyl (C=O) groups excluding carboxylic acids is 1. The molecule has 106 valence electrons. The van der Waals surface area contributed by atoms with E-state index in [1.165, 1.54) is 5.56 Å². The predicted octanol–water partition coefficient (Wildman–Crippen LogP) is 3.26. The average molecular weight is 278 g/mol. The number of rotatable bonds is 4. The summed E-state index contributed by atoms with van der Waals surface area (Å²) in [5.74, 6) is -0.925. The van der Waals surface area contributed by atoms with Gasteiger partial charge in [0, 0.05) is 13.6 Å². The Balaban J connectivity index is 2.11. The second-order valence-electron chi connectivity index (χ2n) is 5.15. The SMILES string of the molecule is Cc1ccc(CN(C)C(=O)C(C#N)c2ccccc2)cc1. The summed E-state index contributed by atoms with van der Waals surface area (Å²) in [7, 11) is 1.73. The summed E-state index contributed by atoms with van der Waals surface area (Å²) >= 11 is 0. The molecule has 0 saturated heterocycles. The topological polar surface area (TPSA) is 44.1 Å². The summed E-state index contributed by atoms with van der Waals surface area (Å²) < 4.78 is 0. The lowest BCUT2D eigenvalue weighted by Crippen LogP contribution is -2.30. The van der Waals surface area contributed by atoms with E-state index in [0.29, 0.717) is 6.54 Å². The van der Waals surface area contributed by atoms with Crippen LogP contribution in [0.4, 0.5) is 0 Å². The van der Waals surface area contributed by atoms with Crippen molar-refractivity contribution >= 4 is 5.91 Å². The van der Waals surface area contributed by atoms with E-state index in [4.69, 9.17) is 0 Å². The molecule has 0 bridgehead atoms. The van der Waals surface area contributed by atoms with Crippen molar-refractivity contribution in [3.05, 3.63) is 71.3 Å². The maximum absolute atomic E-state index is 12.4. The molecule has 0 heterocycles. The Morgan fingerprint density at radius 3 is 2.33 bits per heavy atom. The normalized spacial score (nSPS) is 11.5. The van der Waals surface area contributed by atoms with Crippen molar-refractivity contribution in [1.82, 2.24) is 4.90 Å². The first-order valence-corrected chi connectivity index (χ1v) is 6.87. The molecule has 21 heavy (non-hydrogen) atoms. The fraction of sp³-hybridized carbons (Fsp3) is 0.222. The molecule has 0 aliphatic carbocycles. The van der Waals surface area contributed by atoms with Crippen LogP contribution in [-0.4, -0.2) is 17.9 Å². The summed E-state index contributed by atoms with van der Waals surface area (Å²) in [6, 6.07) is 19.3. The van der Waals surface area contributed by atoms with Gasteiger partial charge < -0.3 is 4.90 Å². The van der Waals surface area contributed by atoms with Gasteiger partial charge in [-0.25, -0.2) is 0 Å². The van der Waals surface area contributed by atoms with Crippen molar-refractivity contribution < 1.29 is 4.79 Å². The van der Waals surface area contributed by atoms with Gasteiger partial charge in [-0.15, -0.1) is 0 Å². The lowest BCUT2D eigenvalue weighted by Gasteiger charge is -2.20. The molecular formula is C18H18N2O. The van der Waals surface area contributed by atoms with Crippen LogP contribution >= 0.6 is 0 Å². The van der Waals surface area contributed by atoms with E-state index in [0.717, 1.165) is 11.1 Å². The van der Waals surface area contributed by atoms with E-state index in [2.05, 4.69) is 6.07 Å². The highest BCUT2D eigenvalue weighted by molar-refractivity contribution is 5.86. The van der Waals surface area contributed by atoms with Crippen LogP contribution in [0, 0.1) is 18.3 Å². The molecule has 0 aromatic heterocycles. The highest BCUT2D eigenvalue weighted by atomic mass is 16.2. The zero-order valence-electron chi connectivity index (χ0n) is 12.3. The maximum Gasteiger partial charge on any atom is 0.244 e. The molecule has 0 N–H and O–H groups in total. The minimum Gasteiger partial charge on any atom is -0.340 e. The van der Waals surface area contributed by atoms with Gasteiger partial charge in [-0.05, 0) is 18.1 Å². The number of carbonyl (C=O) groups is 1. The number of benzene rings is 2. The van der Waals surface area contributed by atoms with Crippen LogP contribution in [0.2, 0.25) is 0 Å². The van der Waals surface area contributed by atoms with Gasteiger partial charge in [0.05, 0.1) is 6.07 Å². The molecule has 3 nitrogen and oxygen atoms in total. The standard InChI is InChI=1S/C18H18N2O/c1-14-8-10-15(11-9-14)13-20(2)18(21)17(12-19)16-6-4-3-5-7-16/h3-11,17H,13H2,1-2H3. The largest absolute Gasteiger partial charge is 0.340 e. The molecule has 1 atom stereocenters. The molecule has 2 aromatic carbocycles. The zero-order chi connectivity index (χ0) is 15.2. The van der Waals surface area contributed by atoms with Crippen molar-refractivity contribution in [3.63, 3.8) is 0 Å². The first-order valence-electron chi connectivity index (χ1n) is 6.87. The predicted molar refractivity (Wildman–Crippen MR) is 82.4 cm³/mol. The number of aryl methyl sites for hydroxylation is 1. The van der Waals surface area contributed by atoms with Gasteiger partial charge >= 0.3 is 0 Å². The maximum atomic E-state index is 12.4. The molecule has 1 amide bonds. The third kappa shape index (κ3) is 3.70. The lowest BCUT2D eigenvalue weighted by molar-refractivity contribution is -0.130. The van der Waals surface area contributed by atoms with Crippen LogP contribution in [0.1, 0.15) is 22.6 Å². The minimum atomic E-state index is -0.748. The lowest BCUT2D eigenvalue weighted by atomic mass is 9.99. The fourth-order valence-corrected chi connectivity index (χ4v) is 2.18. The molecule has 0 saturated carbocycles. The molecule has 0 spiro atoms. The van der Waals surface area contributed by atoms with Gasteiger partial charge in [0.15, 0.2) is 0 Å². The number of hydrogen-bond acceptors (Lipinski definition) is 2. The number of nitrogens with zero attached hydrogens (tertiary/aromatic N) is 2. The van der Waals surface area contributed by atoms with Gasteiger partial charge in [0.1, 0.15) is 5.92 Å². The Kier molecular flexibility index (Phi) is 4.73. The van der Waals surface area contributed by atoms with Gasteiger partial charge in [0.25, 0.3) is 0 Å². The van der Waals surface area contributed by atoms with Crippen molar-refractivity contribution in [2.45, 2.75) is 19.4 Å². The first kappa shape index (κ1) is 14.8. The Hall–Kier alpha value is -2.60. The summed E-state index contributed by atoms with van der Waals surface area (Å²) in [6.45, 7) is 2.53. The van der Waals surface area contributed by atoms with Crippen LogP contribution < -0.4 is 0 Å². The van der Waals surface area contributed by atoms with Crippen LogP contribution in [-0.2, 0) is 11.3 Å². The van der Waals surface area contributed by atoms with E-state index in [1.54, 1.807) is 11.9 Å². The van der Waals surface area contributed by atoms with Crippen molar-refractivity contribution in [2.24, 2.45) is 0 Å². The van der Waals surface area contributed by atoms with Crippen LogP contribution in [0.25, 0.3) is 0 Å². The van der Waals surface area contributed by atoms with Gasteiger partial charge in [-0.2, -0.15) is 5.26 Å². The number of nitriles is 1. The van der Waals surface area contributed by atoms with Gasteiger partial charge in [0.2, 0.25) is 5.91 Å². The average Bonchev–Trinajstić information content (AvgIpc) is 2.51. The monoisotopic (exact) mass is 278 g/mol. The second kappa shape index (κ2) is 6.71. The highest BCUT2D eigenvalue weighted by Crippen LogP contribution is 2.18. The third-order valence-electron chi connectivity index (χ3n) is 3.43. The minimum absolute atomic E-state index is 0.177. The van der Waals surface area contributed by atoms with E-state index in [-0.39, 0.29) is 5.91 Å². The highest BCUT2D eigenvalue weighted by Gasteiger charge is 2.23. The zero-order valence-corrected chi connectivity index (χ0v) is 12.3. The molecule has 0 aliphatic heterocycles. The molecule has 0 aliphatic rings. The van der Waals surface area contributed by atoms with E-state index >= 15 is 0 Å². The summed E-state index contributed by atoms with van der Waals surface area (Å²) in [4.78, 5) is 14.1. The molecule has 2 rings (SSSR count). The summed E-state index contributed by atoms with van der Waals surface area (Å²) in [6.07, 6.45) is 0. The third-order valence-corrected chi connectivity index (χ3v) is 3.43. The molecule has 1 unspecified atom stereocenters. The molecule has 3 heteroatoms. The molecule has 2 aromatic rings. The number of likely N-dealkylation sites (N-methyl/N-ethyl adjacent to an activating group) is 1. The number of amides is 1. The van der Waals surface area contributed by atoms with Gasteiger partial charge in [-0.3, -0.25) is 4.79 Å². The summed E-state index contributed by atoms with van der Waals surface area (Å²) in [5, 5.41) is 9.30. The smallest absolute Gasteiger partial charge is 0.244 e. The quantitative estimate of drug-likeness (QED) is 0.861. The Bertz CT molecular complexity index is 641. The Morgan fingerprint density at radius 2 is 1.76 bits per heavy atom. The first-order chi connectivity index (χ1) is 10.1. The Labute approximate surface area is 125 Å². The second-order valence-corrected chi connectivity index (χ2v) is 5.15. The van der Waals surface area contributed by atoms with E-state index < -0.39 is 5.92 Å². The number of hydrogen-bond donors (Lipinski definition) is 0. The summed E-state index contributed by atoms with van der Waals surface area (Å²) in [5.41, 5.74) is 2.98. The van der Waals surface area contributed by atoms with Crippen molar-refractivity contribution in [3.8, 4) is 6.07 Å². The van der Waals surface area contributed by atoms with E-state index in [9.17, 15) is 10.1 Å². The molecule has 0 radical (unpaired) electrons. The Morgan fingerprint density at radius 1 is 1.14 bits per heavy atom. The van der Waals surface area contributed by atoms with Crippen LogP contribution in [0.5, 0.6) is 0 Å². The molecule has 0 fully saturated rings. The van der Waals surface area contributed by atoms with Gasteiger partial charge in [-0.1, -0.05) is 60.2 Å². The fourth-order valence-electron chi connectivity index (χ4n) is 2.18. The molecular weight excluding hydrogens is 260 g/mol. The van der Waals surface area contributed by atoms with Crippen LogP contribution in [0.15, 0.2) is 54.6 Å².